The number of carboxylic acid groups (broad SMARTS) is 2. The number of carboxylic acids is 2. The number of hydrogen-bond donors (Lipinski definition) is 16. The molecule has 62 heavy (non-hydrogen) atoms. The first-order chi connectivity index (χ1) is 29.2. The molecule has 0 aliphatic carbocycles. The zero-order valence-corrected chi connectivity index (χ0v) is 32.2. The van der Waals surface area contributed by atoms with Crippen LogP contribution in [0, 0.1) is 0 Å². The minimum absolute atomic E-state index is 0.534. The molecule has 358 valence electrons. The Bertz CT molecular complexity index is 1510. The van der Waals surface area contributed by atoms with Crippen LogP contribution in [0.15, 0.2) is 0 Å². The second-order valence-corrected chi connectivity index (χ2v) is 15.5. The first kappa shape index (κ1) is 49.4. The summed E-state index contributed by atoms with van der Waals surface area (Å²) in [4.78, 5) is 24.1. The average Bonchev–Trinajstić information content (AvgIpc) is 3.24. The van der Waals surface area contributed by atoms with Crippen LogP contribution in [-0.2, 0) is 61.7 Å². The largest absolute Gasteiger partial charge is 0.479 e. The third kappa shape index (κ3) is 9.46. The van der Waals surface area contributed by atoms with Gasteiger partial charge in [0.25, 0.3) is 5.79 Å². The molecule has 0 saturated carbocycles. The van der Waals surface area contributed by atoms with E-state index in [1.54, 1.807) is 0 Å². The molecule has 6 aliphatic heterocycles. The molecule has 6 rings (SSSR count). The van der Waals surface area contributed by atoms with Crippen LogP contribution < -0.4 is 0 Å². The lowest BCUT2D eigenvalue weighted by atomic mass is 9.95. The number of fused-ring (bicyclic) bond motifs is 1. The van der Waals surface area contributed by atoms with Gasteiger partial charge in [0.2, 0.25) is 0 Å². The maximum Gasteiger partial charge on any atom is 0.364 e. The van der Waals surface area contributed by atoms with Gasteiger partial charge in [-0.25, -0.2) is 9.59 Å². The molecule has 6 fully saturated rings. The molecule has 26 atom stereocenters. The summed E-state index contributed by atoms with van der Waals surface area (Å²) >= 11 is 0. The fourth-order valence-corrected chi connectivity index (χ4v) is 7.74. The van der Waals surface area contributed by atoms with Crippen molar-refractivity contribution < 1.29 is 143 Å². The third-order valence-corrected chi connectivity index (χ3v) is 11.4. The monoisotopic (exact) mass is 912 g/mol. The van der Waals surface area contributed by atoms with Gasteiger partial charge in [0.05, 0.1) is 26.4 Å². The van der Waals surface area contributed by atoms with Crippen LogP contribution in [0.25, 0.3) is 0 Å². The zero-order valence-electron chi connectivity index (χ0n) is 32.2. The number of aliphatic carboxylic acids is 2. The molecule has 0 aromatic rings. The van der Waals surface area contributed by atoms with Crippen molar-refractivity contribution in [3.8, 4) is 0 Å². The van der Waals surface area contributed by atoms with Crippen LogP contribution in [-0.4, -0.2) is 279 Å². The first-order valence-electron chi connectivity index (χ1n) is 19.2. The molecule has 0 amide bonds. The van der Waals surface area contributed by atoms with Gasteiger partial charge < -0.3 is 134 Å². The zero-order chi connectivity index (χ0) is 45.7. The molecule has 29 nitrogen and oxygen atoms in total. The van der Waals surface area contributed by atoms with Crippen LogP contribution in [0.5, 0.6) is 0 Å². The van der Waals surface area contributed by atoms with E-state index in [9.17, 15) is 91.3 Å². The molecule has 29 heteroatoms. The molecule has 0 radical (unpaired) electrons. The van der Waals surface area contributed by atoms with Crippen LogP contribution in [0.1, 0.15) is 6.92 Å². The summed E-state index contributed by atoms with van der Waals surface area (Å²) in [5, 5.41) is 168. The molecular weight excluding hydrogens is 860 g/mol. The smallest absolute Gasteiger partial charge is 0.364 e. The van der Waals surface area contributed by atoms with Gasteiger partial charge in [0.15, 0.2) is 37.6 Å². The molecule has 0 aromatic heterocycles. The Kier molecular flexibility index (Phi) is 15.8. The van der Waals surface area contributed by atoms with Gasteiger partial charge in [-0.2, -0.15) is 0 Å². The highest BCUT2D eigenvalue weighted by molar-refractivity contribution is 5.75. The van der Waals surface area contributed by atoms with Crippen molar-refractivity contribution in [2.45, 2.75) is 166 Å². The highest BCUT2D eigenvalue weighted by Crippen LogP contribution is 2.38. The van der Waals surface area contributed by atoms with E-state index < -0.39 is 198 Å². The predicted octanol–water partition coefficient (Wildman–Crippen LogP) is -11.0. The number of aliphatic hydroxyl groups is 14. The van der Waals surface area contributed by atoms with Gasteiger partial charge in [-0.1, -0.05) is 0 Å². The van der Waals surface area contributed by atoms with Gasteiger partial charge in [0, 0.05) is 6.92 Å². The SMILES string of the molecule is CC1(C(=O)O)OC[C@H]2O[C@@H](O[C@H]3[C@H](O)[C@@H](O)[C@H](O[C@@H]4[C@@H](O[C@@H]5[C@@H](O)[C@H](O[C@H]6[C@H](O)[C@@H](O)[C@@H](O)O[C@@H]6CO)O[C@H](CO)[C@H]5O)O[C@H](CO)[C@@H](O)[C@@H]4O)O[C@@H]3C(=O)O)[C@@H](O)[C@@H](O)[C@@H]2O1. The van der Waals surface area contributed by atoms with E-state index in [-0.39, 0.29) is 0 Å². The van der Waals surface area contributed by atoms with Crippen molar-refractivity contribution in [1.82, 2.24) is 0 Å². The fraction of sp³-hybridized carbons (Fsp3) is 0.939. The lowest BCUT2D eigenvalue weighted by Gasteiger charge is -2.50. The van der Waals surface area contributed by atoms with Crippen molar-refractivity contribution in [2.75, 3.05) is 26.4 Å². The summed E-state index contributed by atoms with van der Waals surface area (Å²) in [6, 6.07) is 0. The van der Waals surface area contributed by atoms with Crippen LogP contribution >= 0.6 is 0 Å². The quantitative estimate of drug-likeness (QED) is 0.0816. The lowest BCUT2D eigenvalue weighted by Crippen LogP contribution is -2.69. The minimum Gasteiger partial charge on any atom is -0.479 e. The molecule has 6 saturated heterocycles. The van der Waals surface area contributed by atoms with E-state index >= 15 is 0 Å². The number of carbonyl (C=O) groups is 2. The van der Waals surface area contributed by atoms with Crippen molar-refractivity contribution >= 4 is 11.9 Å². The lowest BCUT2D eigenvalue weighted by molar-refractivity contribution is -0.406. The molecule has 0 aromatic carbocycles. The van der Waals surface area contributed by atoms with Gasteiger partial charge in [-0.15, -0.1) is 0 Å². The third-order valence-electron chi connectivity index (χ3n) is 11.4. The van der Waals surface area contributed by atoms with Gasteiger partial charge >= 0.3 is 11.9 Å². The Morgan fingerprint density at radius 1 is 0.516 bits per heavy atom. The number of ether oxygens (including phenoxy) is 11. The van der Waals surface area contributed by atoms with E-state index in [4.69, 9.17) is 52.1 Å². The summed E-state index contributed by atoms with van der Waals surface area (Å²) < 4.78 is 60.0. The van der Waals surface area contributed by atoms with Gasteiger partial charge in [-0.3, -0.25) is 0 Å². The molecule has 6 heterocycles. The Morgan fingerprint density at radius 3 is 1.63 bits per heavy atom. The number of aliphatic hydroxyl groups excluding tert-OH is 14. The topological polar surface area (TPSA) is 459 Å². The van der Waals surface area contributed by atoms with E-state index in [1.165, 1.54) is 0 Å². The van der Waals surface area contributed by atoms with E-state index in [2.05, 4.69) is 0 Å². The maximum absolute atomic E-state index is 12.5. The van der Waals surface area contributed by atoms with Gasteiger partial charge in [-0.05, 0) is 0 Å². The Labute approximate surface area is 348 Å². The van der Waals surface area contributed by atoms with Gasteiger partial charge in [0.1, 0.15) is 116 Å². The predicted molar refractivity (Wildman–Crippen MR) is 181 cm³/mol. The molecule has 0 bridgehead atoms. The highest BCUT2D eigenvalue weighted by atomic mass is 16.8. The number of rotatable bonds is 13. The van der Waals surface area contributed by atoms with Crippen molar-refractivity contribution in [3.63, 3.8) is 0 Å². The van der Waals surface area contributed by atoms with E-state index in [1.807, 2.05) is 0 Å². The highest BCUT2D eigenvalue weighted by Gasteiger charge is 2.59. The molecule has 0 spiro atoms. The van der Waals surface area contributed by atoms with Crippen molar-refractivity contribution in [1.29, 1.82) is 0 Å². The Balaban J connectivity index is 1.19. The standard InChI is InChI=1S/C33H52O29/c1-33(32(50)51)52-5-9-21(62-33)14(41)17(44)28(56-9)59-23-15(42)18(45)29(61-25(23)26(47)48)60-24-12(39)10(37)6(2-34)55-31(24)58-22-11(38)7(3-35)54-30(19(22)46)57-20-8(4-36)53-27(49)16(43)13(20)40/h6-25,27-31,34-46,49H,2-5H2,1H3,(H,47,48)(H,50,51)/t6-,7-,8-,9-,10-,11-,12+,13-,14-,15-,16-,17+,18-,19-,20-,21-,22+,23+,24+,25+,27+,28+,29-,30+,31-,33?/m1/s1. The van der Waals surface area contributed by atoms with Crippen LogP contribution in [0.4, 0.5) is 0 Å². The Hall–Kier alpha value is -2.06. The average molecular weight is 913 g/mol. The minimum atomic E-state index is -2.35. The summed E-state index contributed by atoms with van der Waals surface area (Å²) in [7, 11) is 0. The number of hydrogen-bond acceptors (Lipinski definition) is 27. The van der Waals surface area contributed by atoms with Crippen molar-refractivity contribution in [2.24, 2.45) is 0 Å². The van der Waals surface area contributed by atoms with E-state index in [0.29, 0.717) is 0 Å². The second kappa shape index (κ2) is 19.8. The van der Waals surface area contributed by atoms with Crippen LogP contribution in [0.3, 0.4) is 0 Å². The van der Waals surface area contributed by atoms with Crippen LogP contribution in [0.2, 0.25) is 0 Å². The Morgan fingerprint density at radius 2 is 1.02 bits per heavy atom. The molecule has 1 unspecified atom stereocenters. The normalized spacial score (nSPS) is 52.5. The summed E-state index contributed by atoms with van der Waals surface area (Å²) in [6.45, 7) is -2.41. The first-order valence-corrected chi connectivity index (χ1v) is 19.2. The maximum atomic E-state index is 12.5. The van der Waals surface area contributed by atoms with E-state index in [0.717, 1.165) is 6.92 Å². The fourth-order valence-electron chi connectivity index (χ4n) is 7.74. The summed E-state index contributed by atoms with van der Waals surface area (Å²) in [6.07, 6.45) is -49.7. The van der Waals surface area contributed by atoms with Crippen molar-refractivity contribution in [3.05, 3.63) is 0 Å². The molecule has 16 N–H and O–H groups in total. The summed E-state index contributed by atoms with van der Waals surface area (Å²) in [5.74, 6) is -5.69. The summed E-state index contributed by atoms with van der Waals surface area (Å²) in [5.41, 5.74) is 0. The second-order valence-electron chi connectivity index (χ2n) is 15.5. The molecule has 6 aliphatic rings. The molecular formula is C33H52O29.